The normalized spacial score (nSPS) is 11.8. The Hall–Kier alpha value is -1.88. The maximum Gasteiger partial charge on any atom is 0.296 e. The summed E-state index contributed by atoms with van der Waals surface area (Å²) in [6.45, 7) is 0. The highest BCUT2D eigenvalue weighted by atomic mass is 32.2. The summed E-state index contributed by atoms with van der Waals surface area (Å²) in [7, 11) is -4.53. The van der Waals surface area contributed by atoms with Crippen molar-refractivity contribution in [1.82, 2.24) is 4.98 Å². The first kappa shape index (κ1) is 13.2. The first-order valence-electron chi connectivity index (χ1n) is 3.87. The van der Waals surface area contributed by atoms with Crippen molar-refractivity contribution in [3.05, 3.63) is 32.2 Å². The molecule has 0 amide bonds. The largest absolute Gasteiger partial charge is 0.314 e. The first-order chi connectivity index (χ1) is 7.64. The fraction of sp³-hybridized carbons (Fsp3) is 0.167. The van der Waals surface area contributed by atoms with Crippen LogP contribution in [0.15, 0.2) is 15.8 Å². The number of rotatable bonds is 3. The Bertz CT molecular complexity index is 623. The number of nitrogens with zero attached hydrogens (tertiary/aromatic N) is 1. The molecular formula is C6H5F2N3O5S. The lowest BCUT2D eigenvalue weighted by Gasteiger charge is -2.03. The lowest BCUT2D eigenvalue weighted by atomic mass is 10.3. The molecule has 0 aromatic carbocycles. The van der Waals surface area contributed by atoms with Crippen molar-refractivity contribution < 1.29 is 22.1 Å². The van der Waals surface area contributed by atoms with Crippen molar-refractivity contribution in [2.75, 3.05) is 0 Å². The van der Waals surface area contributed by atoms with E-state index in [1.54, 1.807) is 0 Å². The molecule has 0 saturated heterocycles. The summed E-state index contributed by atoms with van der Waals surface area (Å²) in [5.41, 5.74) is -3.93. The molecule has 11 heteroatoms. The van der Waals surface area contributed by atoms with Crippen LogP contribution in [0.1, 0.15) is 12.1 Å². The molecule has 3 N–H and O–H groups in total. The Morgan fingerprint density at radius 1 is 1.47 bits per heavy atom. The summed E-state index contributed by atoms with van der Waals surface area (Å²) in [6, 6.07) is 0.204. The zero-order valence-corrected chi connectivity index (χ0v) is 8.70. The number of pyridine rings is 1. The molecule has 0 aliphatic carbocycles. The van der Waals surface area contributed by atoms with Gasteiger partial charge in [-0.25, -0.2) is 22.3 Å². The van der Waals surface area contributed by atoms with Gasteiger partial charge < -0.3 is 4.98 Å². The molecule has 0 aliphatic heterocycles. The van der Waals surface area contributed by atoms with Gasteiger partial charge in [0.25, 0.3) is 17.7 Å². The maximum absolute atomic E-state index is 12.3. The van der Waals surface area contributed by atoms with Crippen LogP contribution >= 0.6 is 0 Å². The number of primary sulfonamides is 1. The lowest BCUT2D eigenvalue weighted by molar-refractivity contribution is -0.386. The molecule has 1 aromatic heterocycles. The standard InChI is InChI=1S/C6H5F2N3O5S/c7-5(8)4-2(11(13)14)1-3(6(12)10-4)17(9,15)16/h1,5H,(H,10,12)(H2,9,15,16). The summed E-state index contributed by atoms with van der Waals surface area (Å²) in [4.78, 5) is 20.6. The monoisotopic (exact) mass is 269 g/mol. The van der Waals surface area contributed by atoms with Gasteiger partial charge >= 0.3 is 0 Å². The van der Waals surface area contributed by atoms with Crippen molar-refractivity contribution in [3.63, 3.8) is 0 Å². The second-order valence-corrected chi connectivity index (χ2v) is 4.39. The van der Waals surface area contributed by atoms with Gasteiger partial charge in [-0.1, -0.05) is 0 Å². The van der Waals surface area contributed by atoms with Crippen LogP contribution in [-0.2, 0) is 10.0 Å². The van der Waals surface area contributed by atoms with Gasteiger partial charge in [0.1, 0.15) is 0 Å². The number of nitrogens with one attached hydrogen (secondary N) is 1. The third kappa shape index (κ3) is 2.62. The Labute approximate surface area is 92.3 Å². The summed E-state index contributed by atoms with van der Waals surface area (Å²) >= 11 is 0. The second-order valence-electron chi connectivity index (χ2n) is 2.86. The van der Waals surface area contributed by atoms with Crippen LogP contribution in [0.3, 0.4) is 0 Å². The van der Waals surface area contributed by atoms with Gasteiger partial charge in [-0.15, -0.1) is 0 Å². The van der Waals surface area contributed by atoms with Crippen LogP contribution in [0.2, 0.25) is 0 Å². The van der Waals surface area contributed by atoms with Crippen molar-refractivity contribution in [2.45, 2.75) is 11.3 Å². The molecule has 17 heavy (non-hydrogen) atoms. The second kappa shape index (κ2) is 4.18. The predicted octanol–water partition coefficient (Wildman–Crippen LogP) is -0.132. The summed E-state index contributed by atoms with van der Waals surface area (Å²) in [5, 5.41) is 15.0. The maximum atomic E-state index is 12.3. The highest BCUT2D eigenvalue weighted by Gasteiger charge is 2.27. The number of H-pyrrole nitrogens is 1. The van der Waals surface area contributed by atoms with Gasteiger partial charge in [-0.2, -0.15) is 0 Å². The molecule has 0 bridgehead atoms. The molecular weight excluding hydrogens is 264 g/mol. The number of sulfonamides is 1. The van der Waals surface area contributed by atoms with E-state index < -0.39 is 43.2 Å². The van der Waals surface area contributed by atoms with Crippen LogP contribution in [0.4, 0.5) is 14.5 Å². The third-order valence-corrected chi connectivity index (χ3v) is 2.65. The smallest absolute Gasteiger partial charge is 0.296 e. The topological polar surface area (TPSA) is 136 Å². The van der Waals surface area contributed by atoms with Gasteiger partial charge in [0.2, 0.25) is 10.0 Å². The van der Waals surface area contributed by atoms with Gasteiger partial charge in [0.05, 0.1) is 4.92 Å². The molecule has 0 radical (unpaired) electrons. The zero-order chi connectivity index (χ0) is 13.4. The fourth-order valence-electron chi connectivity index (χ4n) is 1.04. The minimum absolute atomic E-state index is 0.204. The minimum Gasteiger partial charge on any atom is -0.314 e. The van der Waals surface area contributed by atoms with Crippen LogP contribution in [0, 0.1) is 10.1 Å². The highest BCUT2D eigenvalue weighted by molar-refractivity contribution is 7.89. The number of nitrogens with two attached hydrogens (primary N) is 1. The van der Waals surface area contributed by atoms with E-state index in [1.807, 2.05) is 0 Å². The van der Waals surface area contributed by atoms with Crippen LogP contribution in [0.25, 0.3) is 0 Å². The van der Waals surface area contributed by atoms with Gasteiger partial charge in [0, 0.05) is 6.07 Å². The highest BCUT2D eigenvalue weighted by Crippen LogP contribution is 2.26. The third-order valence-electron chi connectivity index (χ3n) is 1.74. The SMILES string of the molecule is NS(=O)(=O)c1cc([N+](=O)[O-])c(C(F)F)[nH]c1=O. The van der Waals surface area contributed by atoms with Crippen LogP contribution in [0.5, 0.6) is 0 Å². The molecule has 0 fully saturated rings. The zero-order valence-electron chi connectivity index (χ0n) is 7.88. The average molecular weight is 269 g/mol. The summed E-state index contributed by atoms with van der Waals surface area (Å²) in [6.07, 6.45) is -3.32. The Morgan fingerprint density at radius 2 is 2.00 bits per heavy atom. The van der Waals surface area contributed by atoms with Crippen molar-refractivity contribution in [1.29, 1.82) is 0 Å². The van der Waals surface area contributed by atoms with Crippen LogP contribution in [-0.4, -0.2) is 18.3 Å². The lowest BCUT2D eigenvalue weighted by Crippen LogP contribution is -2.24. The number of halogens is 2. The summed E-state index contributed by atoms with van der Waals surface area (Å²) < 4.78 is 46.4. The molecule has 0 unspecified atom stereocenters. The molecule has 0 aliphatic rings. The quantitative estimate of drug-likeness (QED) is 0.581. The van der Waals surface area contributed by atoms with E-state index >= 15 is 0 Å². The van der Waals surface area contributed by atoms with E-state index in [1.165, 1.54) is 4.98 Å². The number of aromatic nitrogens is 1. The molecule has 0 saturated carbocycles. The molecule has 94 valence electrons. The van der Waals surface area contributed by atoms with Crippen molar-refractivity contribution in [3.8, 4) is 0 Å². The Morgan fingerprint density at radius 3 is 2.35 bits per heavy atom. The van der Waals surface area contributed by atoms with E-state index in [2.05, 4.69) is 5.14 Å². The number of alkyl halides is 2. The Kier molecular flexibility index (Phi) is 3.24. The average Bonchev–Trinajstić information content (AvgIpc) is 2.14. The van der Waals surface area contributed by atoms with E-state index in [4.69, 9.17) is 0 Å². The number of hydrogen-bond donors (Lipinski definition) is 2. The molecule has 0 spiro atoms. The van der Waals surface area contributed by atoms with Gasteiger partial charge in [-0.05, 0) is 0 Å². The predicted molar refractivity (Wildman–Crippen MR) is 50.0 cm³/mol. The van der Waals surface area contributed by atoms with Crippen molar-refractivity contribution >= 4 is 15.7 Å². The Balaban J connectivity index is 3.69. The minimum atomic E-state index is -4.53. The number of nitro groups is 1. The van der Waals surface area contributed by atoms with Gasteiger partial charge in [-0.3, -0.25) is 14.9 Å². The fourth-order valence-corrected chi connectivity index (χ4v) is 1.63. The molecule has 1 aromatic rings. The first-order valence-corrected chi connectivity index (χ1v) is 5.41. The number of aromatic amines is 1. The molecule has 1 heterocycles. The molecule has 1 rings (SSSR count). The van der Waals surface area contributed by atoms with Crippen LogP contribution < -0.4 is 10.7 Å². The summed E-state index contributed by atoms with van der Waals surface area (Å²) in [5.74, 6) is 0. The van der Waals surface area contributed by atoms with E-state index in [0.717, 1.165) is 0 Å². The number of hydrogen-bond acceptors (Lipinski definition) is 5. The van der Waals surface area contributed by atoms with E-state index in [-0.39, 0.29) is 6.07 Å². The van der Waals surface area contributed by atoms with E-state index in [9.17, 15) is 32.1 Å². The van der Waals surface area contributed by atoms with Crippen molar-refractivity contribution in [2.24, 2.45) is 5.14 Å². The molecule has 0 atom stereocenters. The van der Waals surface area contributed by atoms with Gasteiger partial charge in [0.15, 0.2) is 10.6 Å². The molecule has 8 nitrogen and oxygen atoms in total. The van der Waals surface area contributed by atoms with E-state index in [0.29, 0.717) is 0 Å².